The number of nitrogens with one attached hydrogen (secondary N) is 2. The van der Waals surface area contributed by atoms with Crippen LogP contribution in [0.5, 0.6) is 5.75 Å². The number of methoxy groups -OCH3 is 1. The lowest BCUT2D eigenvalue weighted by atomic mass is 10.2. The summed E-state index contributed by atoms with van der Waals surface area (Å²) in [5, 5.41) is 10.9. The van der Waals surface area contributed by atoms with E-state index in [4.69, 9.17) is 9.84 Å². The molecule has 2 aliphatic rings. The molecule has 8 nitrogen and oxygen atoms in total. The molecule has 0 amide bonds. The Bertz CT molecular complexity index is 987. The van der Waals surface area contributed by atoms with Gasteiger partial charge in [0, 0.05) is 25.1 Å². The van der Waals surface area contributed by atoms with E-state index in [0.717, 1.165) is 30.0 Å². The average molecular weight is 369 g/mol. The molecule has 0 radical (unpaired) electrons. The molecule has 1 saturated heterocycles. The molecule has 1 aliphatic carbocycles. The van der Waals surface area contributed by atoms with Gasteiger partial charge in [0.05, 0.1) is 31.7 Å². The highest BCUT2D eigenvalue weighted by Crippen LogP contribution is 2.43. The first-order valence-electron chi connectivity index (χ1n) is 9.09. The predicted octanol–water partition coefficient (Wildman–Crippen LogP) is 1.79. The van der Waals surface area contributed by atoms with E-state index in [0.29, 0.717) is 36.2 Å². The van der Waals surface area contributed by atoms with Gasteiger partial charge in [-0.05, 0) is 12.8 Å². The summed E-state index contributed by atoms with van der Waals surface area (Å²) in [4.78, 5) is 13.3. The molecular weight excluding hydrogens is 349 g/mol. The Balaban J connectivity index is 1.51. The Kier molecular flexibility index (Phi) is 3.89. The molecule has 140 valence electrons. The molecular formula is C18H20FN7O. The Morgan fingerprint density at radius 2 is 2.15 bits per heavy atom. The van der Waals surface area contributed by atoms with Gasteiger partial charge < -0.3 is 15.4 Å². The van der Waals surface area contributed by atoms with Gasteiger partial charge in [0.25, 0.3) is 0 Å². The molecule has 0 spiro atoms. The van der Waals surface area contributed by atoms with Gasteiger partial charge in [0.15, 0.2) is 5.65 Å². The quantitative estimate of drug-likeness (QED) is 0.709. The van der Waals surface area contributed by atoms with Crippen LogP contribution in [0.4, 0.5) is 10.2 Å². The molecule has 1 aliphatic heterocycles. The third kappa shape index (κ3) is 2.97. The standard InChI is InChI=1S/C18H20FN7O/c1-27-15-4-17-22-8-14(26(17)25-18(15)10-2-3-10)13-7-21-9-16(24-13)23-12-6-20-5-11(12)19/h4,7-12,20H,2-3,5-6H2,1H3,(H,23,24)/t11-,12-/m0/s1. The first kappa shape index (κ1) is 16.4. The molecule has 0 aromatic carbocycles. The van der Waals surface area contributed by atoms with Crippen LogP contribution in [-0.4, -0.2) is 57.0 Å². The predicted molar refractivity (Wildman–Crippen MR) is 97.7 cm³/mol. The third-order valence-corrected chi connectivity index (χ3v) is 5.04. The van der Waals surface area contributed by atoms with Gasteiger partial charge in [0.1, 0.15) is 34.8 Å². The largest absolute Gasteiger partial charge is 0.495 e. The number of anilines is 1. The number of fused-ring (bicyclic) bond motifs is 1. The summed E-state index contributed by atoms with van der Waals surface area (Å²) >= 11 is 0. The fraction of sp³-hybridized carbons (Fsp3) is 0.444. The third-order valence-electron chi connectivity index (χ3n) is 5.04. The van der Waals surface area contributed by atoms with Crippen molar-refractivity contribution in [1.29, 1.82) is 0 Å². The lowest BCUT2D eigenvalue weighted by Gasteiger charge is -2.14. The van der Waals surface area contributed by atoms with Gasteiger partial charge in [-0.2, -0.15) is 5.10 Å². The minimum absolute atomic E-state index is 0.305. The van der Waals surface area contributed by atoms with Crippen LogP contribution in [0, 0.1) is 0 Å². The number of halogens is 1. The van der Waals surface area contributed by atoms with Crippen LogP contribution in [0.2, 0.25) is 0 Å². The highest BCUT2D eigenvalue weighted by Gasteiger charge is 2.30. The summed E-state index contributed by atoms with van der Waals surface area (Å²) in [6.07, 6.45) is 6.29. The first-order valence-corrected chi connectivity index (χ1v) is 9.09. The fourth-order valence-electron chi connectivity index (χ4n) is 3.43. The number of hydrogen-bond acceptors (Lipinski definition) is 7. The summed E-state index contributed by atoms with van der Waals surface area (Å²) in [6, 6.07) is 1.60. The SMILES string of the molecule is COc1cc2ncc(-c3cncc(N[C@H]4CNC[C@@H]4F)n3)n2nc1C1CC1. The summed E-state index contributed by atoms with van der Waals surface area (Å²) in [7, 11) is 1.65. The van der Waals surface area contributed by atoms with Gasteiger partial charge in [-0.25, -0.2) is 18.9 Å². The molecule has 2 fully saturated rings. The monoisotopic (exact) mass is 369 g/mol. The van der Waals surface area contributed by atoms with E-state index in [1.54, 1.807) is 30.2 Å². The van der Waals surface area contributed by atoms with Crippen molar-refractivity contribution in [2.45, 2.75) is 31.0 Å². The highest BCUT2D eigenvalue weighted by molar-refractivity contribution is 5.61. The highest BCUT2D eigenvalue weighted by atomic mass is 19.1. The molecule has 2 atom stereocenters. The maximum atomic E-state index is 13.8. The lowest BCUT2D eigenvalue weighted by Crippen LogP contribution is -2.29. The fourth-order valence-corrected chi connectivity index (χ4v) is 3.43. The molecule has 2 N–H and O–H groups in total. The van der Waals surface area contributed by atoms with Gasteiger partial charge in [-0.1, -0.05) is 0 Å². The average Bonchev–Trinajstić information content (AvgIpc) is 3.34. The van der Waals surface area contributed by atoms with Crippen LogP contribution < -0.4 is 15.4 Å². The smallest absolute Gasteiger partial charge is 0.157 e. The molecule has 4 heterocycles. The molecule has 3 aromatic rings. The second-order valence-electron chi connectivity index (χ2n) is 7.00. The molecule has 0 bridgehead atoms. The second-order valence-corrected chi connectivity index (χ2v) is 7.00. The van der Waals surface area contributed by atoms with Crippen molar-refractivity contribution in [1.82, 2.24) is 29.9 Å². The summed E-state index contributed by atoms with van der Waals surface area (Å²) in [5.74, 6) is 1.75. The van der Waals surface area contributed by atoms with E-state index >= 15 is 0 Å². The number of rotatable bonds is 5. The molecule has 0 unspecified atom stereocenters. The van der Waals surface area contributed by atoms with E-state index in [-0.39, 0.29) is 6.04 Å². The van der Waals surface area contributed by atoms with Crippen molar-refractivity contribution in [3.05, 3.63) is 30.4 Å². The van der Waals surface area contributed by atoms with Crippen molar-refractivity contribution >= 4 is 11.5 Å². The van der Waals surface area contributed by atoms with Gasteiger partial charge in [-0.3, -0.25) is 4.98 Å². The zero-order valence-corrected chi connectivity index (χ0v) is 14.9. The number of ether oxygens (including phenoxy) is 1. The zero-order chi connectivity index (χ0) is 18.4. The van der Waals surface area contributed by atoms with Crippen LogP contribution in [0.25, 0.3) is 17.0 Å². The molecule has 27 heavy (non-hydrogen) atoms. The number of nitrogens with zero attached hydrogens (tertiary/aromatic N) is 5. The van der Waals surface area contributed by atoms with Crippen LogP contribution in [0.1, 0.15) is 24.5 Å². The van der Waals surface area contributed by atoms with E-state index in [2.05, 4.69) is 25.6 Å². The second kappa shape index (κ2) is 6.41. The van der Waals surface area contributed by atoms with Crippen molar-refractivity contribution < 1.29 is 9.13 Å². The first-order chi connectivity index (χ1) is 13.2. The maximum Gasteiger partial charge on any atom is 0.157 e. The molecule has 3 aromatic heterocycles. The Labute approximate surface area is 155 Å². The van der Waals surface area contributed by atoms with Crippen LogP contribution in [0.15, 0.2) is 24.7 Å². The van der Waals surface area contributed by atoms with E-state index in [1.165, 1.54) is 0 Å². The minimum atomic E-state index is -0.943. The zero-order valence-electron chi connectivity index (χ0n) is 14.9. The number of alkyl halides is 1. The topological polar surface area (TPSA) is 89.3 Å². The van der Waals surface area contributed by atoms with Crippen LogP contribution in [-0.2, 0) is 0 Å². The van der Waals surface area contributed by atoms with Crippen molar-refractivity contribution in [2.75, 3.05) is 25.5 Å². The minimum Gasteiger partial charge on any atom is -0.495 e. The number of aromatic nitrogens is 5. The van der Waals surface area contributed by atoms with Gasteiger partial charge in [-0.15, -0.1) is 0 Å². The Hall–Kier alpha value is -2.81. The molecule has 5 rings (SSSR count). The van der Waals surface area contributed by atoms with Crippen molar-refractivity contribution in [3.63, 3.8) is 0 Å². The van der Waals surface area contributed by atoms with Crippen LogP contribution in [0.3, 0.4) is 0 Å². The van der Waals surface area contributed by atoms with Crippen molar-refractivity contribution in [3.8, 4) is 17.1 Å². The summed E-state index contributed by atoms with van der Waals surface area (Å²) in [6.45, 7) is 0.919. The van der Waals surface area contributed by atoms with Gasteiger partial charge in [0.2, 0.25) is 0 Å². The Morgan fingerprint density at radius 1 is 1.26 bits per heavy atom. The van der Waals surface area contributed by atoms with Crippen molar-refractivity contribution in [2.24, 2.45) is 0 Å². The molecule has 1 saturated carbocycles. The van der Waals surface area contributed by atoms with E-state index in [1.807, 2.05) is 6.07 Å². The number of imidazole rings is 1. The lowest BCUT2D eigenvalue weighted by molar-refractivity contribution is 0.342. The van der Waals surface area contributed by atoms with E-state index < -0.39 is 6.17 Å². The number of hydrogen-bond donors (Lipinski definition) is 2. The maximum absolute atomic E-state index is 13.8. The van der Waals surface area contributed by atoms with E-state index in [9.17, 15) is 4.39 Å². The normalized spacial score (nSPS) is 22.3. The summed E-state index contributed by atoms with van der Waals surface area (Å²) < 4.78 is 21.1. The van der Waals surface area contributed by atoms with Crippen LogP contribution >= 0.6 is 0 Å². The molecule has 9 heteroatoms. The van der Waals surface area contributed by atoms with Gasteiger partial charge >= 0.3 is 0 Å². The summed E-state index contributed by atoms with van der Waals surface area (Å²) in [5.41, 5.74) is 3.01. The Morgan fingerprint density at radius 3 is 2.89 bits per heavy atom.